The van der Waals surface area contributed by atoms with Crippen molar-refractivity contribution < 1.29 is 13.2 Å². The molecule has 1 aromatic carbocycles. The van der Waals surface area contributed by atoms with E-state index >= 15 is 0 Å². The molecule has 2 N–H and O–H groups in total. The molecule has 1 atom stereocenters. The van der Waals surface area contributed by atoms with Gasteiger partial charge in [-0.25, -0.2) is 0 Å². The van der Waals surface area contributed by atoms with Crippen LogP contribution in [0, 0.1) is 0 Å². The summed E-state index contributed by atoms with van der Waals surface area (Å²) in [5, 5.41) is 0. The quantitative estimate of drug-likeness (QED) is 0.632. The van der Waals surface area contributed by atoms with Crippen molar-refractivity contribution >= 4 is 0 Å². The first kappa shape index (κ1) is 17.0. The summed E-state index contributed by atoms with van der Waals surface area (Å²) in [5.41, 5.74) is 5.94. The number of hydrogen-bond donors (Lipinski definition) is 1. The predicted octanol–water partition coefficient (Wildman–Crippen LogP) is 5.46. The smallest absolute Gasteiger partial charge is 0.324 e. The second kappa shape index (κ2) is 8.30. The molecular weight excluding hydrogens is 263 g/mol. The standard InChI is InChI=1S/C16H24F3N/c1-2-3-4-5-6-7-11-15(20)13-9-8-10-14(12-13)16(17,18)19/h8-10,12,15H,2-7,11,20H2,1H3. The average Bonchev–Trinajstić information content (AvgIpc) is 2.41. The molecule has 0 radical (unpaired) electrons. The Bertz CT molecular complexity index is 388. The van der Waals surface area contributed by atoms with E-state index in [-0.39, 0.29) is 6.04 Å². The Balaban J connectivity index is 2.41. The van der Waals surface area contributed by atoms with Gasteiger partial charge in [0.1, 0.15) is 0 Å². The molecule has 0 amide bonds. The third-order valence-electron chi connectivity index (χ3n) is 3.51. The van der Waals surface area contributed by atoms with Crippen molar-refractivity contribution in [2.24, 2.45) is 5.73 Å². The zero-order valence-electron chi connectivity index (χ0n) is 12.0. The van der Waals surface area contributed by atoms with Crippen molar-refractivity contribution in [3.63, 3.8) is 0 Å². The molecule has 114 valence electrons. The lowest BCUT2D eigenvalue weighted by Gasteiger charge is -2.14. The van der Waals surface area contributed by atoms with Gasteiger partial charge in [-0.15, -0.1) is 0 Å². The fourth-order valence-electron chi connectivity index (χ4n) is 2.26. The maximum atomic E-state index is 12.6. The van der Waals surface area contributed by atoms with Crippen LogP contribution in [0.3, 0.4) is 0 Å². The highest BCUT2D eigenvalue weighted by Gasteiger charge is 2.30. The SMILES string of the molecule is CCCCCCCCC(N)c1cccc(C(F)(F)F)c1. The summed E-state index contributed by atoms with van der Waals surface area (Å²) in [6.07, 6.45) is 3.40. The van der Waals surface area contributed by atoms with Gasteiger partial charge in [-0.1, -0.05) is 57.6 Å². The first-order valence-electron chi connectivity index (χ1n) is 7.38. The van der Waals surface area contributed by atoms with E-state index in [9.17, 15) is 13.2 Å². The Labute approximate surface area is 119 Å². The summed E-state index contributed by atoms with van der Waals surface area (Å²) in [6.45, 7) is 2.17. The summed E-state index contributed by atoms with van der Waals surface area (Å²) >= 11 is 0. The minimum atomic E-state index is -4.30. The van der Waals surface area contributed by atoms with E-state index in [1.54, 1.807) is 6.07 Å². The molecule has 4 heteroatoms. The lowest BCUT2D eigenvalue weighted by Crippen LogP contribution is -2.12. The average molecular weight is 287 g/mol. The second-order valence-corrected chi connectivity index (χ2v) is 5.29. The molecule has 1 rings (SSSR count). The summed E-state index contributed by atoms with van der Waals surface area (Å²) in [7, 11) is 0. The van der Waals surface area contributed by atoms with Gasteiger partial charge < -0.3 is 5.73 Å². The monoisotopic (exact) mass is 287 g/mol. The molecule has 0 spiro atoms. The Kier molecular flexibility index (Phi) is 7.06. The molecule has 0 heterocycles. The molecular formula is C16H24F3N. The van der Waals surface area contributed by atoms with E-state index in [0.717, 1.165) is 25.3 Å². The van der Waals surface area contributed by atoms with Crippen LogP contribution in [0.5, 0.6) is 0 Å². The third-order valence-corrected chi connectivity index (χ3v) is 3.51. The second-order valence-electron chi connectivity index (χ2n) is 5.29. The van der Waals surface area contributed by atoms with Gasteiger partial charge in [0.15, 0.2) is 0 Å². The van der Waals surface area contributed by atoms with Crippen LogP contribution < -0.4 is 5.73 Å². The molecule has 1 unspecified atom stereocenters. The molecule has 0 saturated heterocycles. The first-order chi connectivity index (χ1) is 9.45. The van der Waals surface area contributed by atoms with Gasteiger partial charge >= 0.3 is 6.18 Å². The first-order valence-corrected chi connectivity index (χ1v) is 7.38. The number of alkyl halides is 3. The fourth-order valence-corrected chi connectivity index (χ4v) is 2.26. The molecule has 1 aromatic rings. The number of halogens is 3. The number of hydrogen-bond acceptors (Lipinski definition) is 1. The van der Waals surface area contributed by atoms with Crippen molar-refractivity contribution in [3.05, 3.63) is 35.4 Å². The highest BCUT2D eigenvalue weighted by molar-refractivity contribution is 5.27. The summed E-state index contributed by atoms with van der Waals surface area (Å²) in [5.74, 6) is 0. The van der Waals surface area contributed by atoms with E-state index in [4.69, 9.17) is 5.73 Å². The van der Waals surface area contributed by atoms with Gasteiger partial charge in [-0.2, -0.15) is 13.2 Å². The molecule has 0 aliphatic heterocycles. The number of nitrogens with two attached hydrogens (primary N) is 1. The maximum absolute atomic E-state index is 12.6. The normalized spacial score (nSPS) is 13.4. The molecule has 0 fully saturated rings. The van der Waals surface area contributed by atoms with Crippen LogP contribution in [0.15, 0.2) is 24.3 Å². The van der Waals surface area contributed by atoms with E-state index in [1.165, 1.54) is 37.8 Å². The minimum absolute atomic E-state index is 0.302. The van der Waals surface area contributed by atoms with Gasteiger partial charge in [0.05, 0.1) is 5.56 Å². The van der Waals surface area contributed by atoms with Crippen molar-refractivity contribution in [1.82, 2.24) is 0 Å². The number of benzene rings is 1. The Morgan fingerprint density at radius 1 is 1.05 bits per heavy atom. The number of unbranched alkanes of at least 4 members (excludes halogenated alkanes) is 5. The largest absolute Gasteiger partial charge is 0.416 e. The fraction of sp³-hybridized carbons (Fsp3) is 0.625. The van der Waals surface area contributed by atoms with E-state index in [1.807, 2.05) is 0 Å². The van der Waals surface area contributed by atoms with Gasteiger partial charge in [0.2, 0.25) is 0 Å². The number of rotatable bonds is 8. The van der Waals surface area contributed by atoms with Gasteiger partial charge in [-0.3, -0.25) is 0 Å². The summed E-state index contributed by atoms with van der Waals surface area (Å²) < 4.78 is 37.8. The molecule has 0 aromatic heterocycles. The van der Waals surface area contributed by atoms with E-state index in [2.05, 4.69) is 6.92 Å². The molecule has 1 nitrogen and oxygen atoms in total. The van der Waals surface area contributed by atoms with Crippen LogP contribution in [-0.4, -0.2) is 0 Å². The minimum Gasteiger partial charge on any atom is -0.324 e. The van der Waals surface area contributed by atoms with E-state index < -0.39 is 11.7 Å². The lowest BCUT2D eigenvalue weighted by molar-refractivity contribution is -0.137. The van der Waals surface area contributed by atoms with Crippen LogP contribution in [0.25, 0.3) is 0 Å². The molecule has 0 aliphatic carbocycles. The Morgan fingerprint density at radius 3 is 2.35 bits per heavy atom. The highest BCUT2D eigenvalue weighted by atomic mass is 19.4. The predicted molar refractivity (Wildman–Crippen MR) is 76.4 cm³/mol. The van der Waals surface area contributed by atoms with Crippen LogP contribution in [0.4, 0.5) is 13.2 Å². The van der Waals surface area contributed by atoms with Crippen molar-refractivity contribution in [2.45, 2.75) is 64.1 Å². The van der Waals surface area contributed by atoms with E-state index in [0.29, 0.717) is 5.56 Å². The van der Waals surface area contributed by atoms with Crippen molar-refractivity contribution in [1.29, 1.82) is 0 Å². The summed E-state index contributed by atoms with van der Waals surface area (Å²) in [6, 6.07) is 5.06. The molecule has 0 aliphatic rings. The van der Waals surface area contributed by atoms with Crippen LogP contribution in [-0.2, 0) is 6.18 Å². The topological polar surface area (TPSA) is 26.0 Å². The zero-order valence-corrected chi connectivity index (χ0v) is 12.0. The van der Waals surface area contributed by atoms with Gasteiger partial charge in [-0.05, 0) is 24.1 Å². The van der Waals surface area contributed by atoms with Gasteiger partial charge in [0.25, 0.3) is 0 Å². The highest BCUT2D eigenvalue weighted by Crippen LogP contribution is 2.31. The van der Waals surface area contributed by atoms with Crippen LogP contribution >= 0.6 is 0 Å². The van der Waals surface area contributed by atoms with Crippen LogP contribution in [0.2, 0.25) is 0 Å². The maximum Gasteiger partial charge on any atom is 0.416 e. The lowest BCUT2D eigenvalue weighted by atomic mass is 9.98. The van der Waals surface area contributed by atoms with Crippen molar-refractivity contribution in [3.8, 4) is 0 Å². The molecule has 0 saturated carbocycles. The van der Waals surface area contributed by atoms with Crippen LogP contribution in [0.1, 0.15) is 69.0 Å². The third kappa shape index (κ3) is 5.95. The Hall–Kier alpha value is -1.03. The van der Waals surface area contributed by atoms with Crippen molar-refractivity contribution in [2.75, 3.05) is 0 Å². The molecule has 0 bridgehead atoms. The Morgan fingerprint density at radius 2 is 1.70 bits per heavy atom. The summed E-state index contributed by atoms with van der Waals surface area (Å²) in [4.78, 5) is 0. The van der Waals surface area contributed by atoms with Gasteiger partial charge in [0, 0.05) is 6.04 Å². The molecule has 20 heavy (non-hydrogen) atoms. The zero-order chi connectivity index (χ0) is 15.0.